The standard InChI is InChI=1S/C21H30O2SSi/c1-21(2,3)25(19-12-6-4-7-13-19,20-14-8-5-9-15-20)23-16-10-11-18(22)17-24/h4-9,12-15,18,22,24H,10-11,16-17H2,1-3H3. The Morgan fingerprint density at radius 2 is 1.44 bits per heavy atom. The number of benzene rings is 2. The molecule has 0 bridgehead atoms. The molecule has 0 aromatic heterocycles. The van der Waals surface area contributed by atoms with E-state index in [-0.39, 0.29) is 11.1 Å². The van der Waals surface area contributed by atoms with E-state index in [2.05, 4.69) is 94.1 Å². The van der Waals surface area contributed by atoms with E-state index in [9.17, 15) is 5.11 Å². The van der Waals surface area contributed by atoms with Gasteiger partial charge in [-0.2, -0.15) is 12.6 Å². The zero-order chi connectivity index (χ0) is 18.3. The molecule has 1 N–H and O–H groups in total. The molecule has 0 aliphatic carbocycles. The van der Waals surface area contributed by atoms with Crippen LogP contribution >= 0.6 is 12.6 Å². The highest BCUT2D eigenvalue weighted by atomic mass is 32.1. The highest BCUT2D eigenvalue weighted by molar-refractivity contribution is 7.80. The predicted octanol–water partition coefficient (Wildman–Crippen LogP) is 3.63. The van der Waals surface area contributed by atoms with Crippen LogP contribution in [0.15, 0.2) is 60.7 Å². The lowest BCUT2D eigenvalue weighted by molar-refractivity contribution is 0.173. The maximum absolute atomic E-state index is 9.76. The third-order valence-electron chi connectivity index (χ3n) is 4.63. The third kappa shape index (κ3) is 4.76. The SMILES string of the molecule is CC(C)(C)[Si](OCCCC(O)CS)(c1ccccc1)c1ccccc1. The van der Waals surface area contributed by atoms with E-state index in [1.54, 1.807) is 0 Å². The van der Waals surface area contributed by atoms with Crippen molar-refractivity contribution in [3.05, 3.63) is 60.7 Å². The first-order chi connectivity index (χ1) is 11.9. The monoisotopic (exact) mass is 374 g/mol. The summed E-state index contributed by atoms with van der Waals surface area (Å²) in [6.45, 7) is 7.49. The molecule has 0 heterocycles. The molecule has 2 rings (SSSR count). The minimum absolute atomic E-state index is 0.00211. The summed E-state index contributed by atoms with van der Waals surface area (Å²) in [5.74, 6) is 0.499. The van der Waals surface area contributed by atoms with Crippen molar-refractivity contribution in [3.8, 4) is 0 Å². The van der Waals surface area contributed by atoms with Crippen LogP contribution in [0, 0.1) is 0 Å². The maximum Gasteiger partial charge on any atom is 0.261 e. The summed E-state index contributed by atoms with van der Waals surface area (Å²) < 4.78 is 6.76. The van der Waals surface area contributed by atoms with Gasteiger partial charge >= 0.3 is 0 Å². The molecule has 2 aromatic carbocycles. The second kappa shape index (κ2) is 9.04. The fraction of sp³-hybridized carbons (Fsp3) is 0.429. The Morgan fingerprint density at radius 1 is 0.960 bits per heavy atom. The summed E-state index contributed by atoms with van der Waals surface area (Å²) in [5, 5.41) is 12.3. The molecule has 1 unspecified atom stereocenters. The summed E-state index contributed by atoms with van der Waals surface area (Å²) >= 11 is 4.15. The largest absolute Gasteiger partial charge is 0.407 e. The van der Waals surface area contributed by atoms with Gasteiger partial charge in [-0.15, -0.1) is 0 Å². The lowest BCUT2D eigenvalue weighted by atomic mass is 10.2. The van der Waals surface area contributed by atoms with E-state index in [4.69, 9.17) is 4.43 Å². The van der Waals surface area contributed by atoms with Crippen molar-refractivity contribution in [3.63, 3.8) is 0 Å². The van der Waals surface area contributed by atoms with Crippen LogP contribution in [-0.2, 0) is 4.43 Å². The smallest absolute Gasteiger partial charge is 0.261 e. The Labute approximate surface area is 158 Å². The molecule has 1 atom stereocenters. The first kappa shape index (κ1) is 20.2. The molecule has 2 nitrogen and oxygen atoms in total. The van der Waals surface area contributed by atoms with Crippen LogP contribution in [0.5, 0.6) is 0 Å². The van der Waals surface area contributed by atoms with Crippen LogP contribution < -0.4 is 10.4 Å². The van der Waals surface area contributed by atoms with Crippen molar-refractivity contribution in [2.75, 3.05) is 12.4 Å². The zero-order valence-electron chi connectivity index (χ0n) is 15.5. The van der Waals surface area contributed by atoms with Crippen molar-refractivity contribution in [1.82, 2.24) is 0 Å². The van der Waals surface area contributed by atoms with E-state index < -0.39 is 8.32 Å². The van der Waals surface area contributed by atoms with E-state index in [1.165, 1.54) is 10.4 Å². The van der Waals surface area contributed by atoms with Crippen LogP contribution in [0.2, 0.25) is 5.04 Å². The summed E-state index contributed by atoms with van der Waals surface area (Å²) in [6.07, 6.45) is 1.21. The molecule has 0 saturated carbocycles. The molecule has 136 valence electrons. The van der Waals surface area contributed by atoms with Gasteiger partial charge in [0.25, 0.3) is 8.32 Å². The number of hydrogen-bond donors (Lipinski definition) is 2. The quantitative estimate of drug-likeness (QED) is 0.420. The van der Waals surface area contributed by atoms with Gasteiger partial charge in [0.05, 0.1) is 6.10 Å². The van der Waals surface area contributed by atoms with Crippen LogP contribution in [0.1, 0.15) is 33.6 Å². The van der Waals surface area contributed by atoms with Crippen LogP contribution in [-0.4, -0.2) is 31.9 Å². The topological polar surface area (TPSA) is 29.5 Å². The third-order valence-corrected chi connectivity index (χ3v) is 10.1. The van der Waals surface area contributed by atoms with Gasteiger partial charge in [0.1, 0.15) is 0 Å². The molecule has 0 spiro atoms. The molecule has 0 fully saturated rings. The second-order valence-corrected chi connectivity index (χ2v) is 12.2. The van der Waals surface area contributed by atoms with Crippen molar-refractivity contribution < 1.29 is 9.53 Å². The van der Waals surface area contributed by atoms with Gasteiger partial charge in [0.2, 0.25) is 0 Å². The molecular formula is C21H30O2SSi. The molecule has 4 heteroatoms. The summed E-state index contributed by atoms with van der Waals surface area (Å²) in [7, 11) is -2.43. The number of aliphatic hydroxyl groups excluding tert-OH is 1. The van der Waals surface area contributed by atoms with E-state index in [0.717, 1.165) is 12.8 Å². The number of thiol groups is 1. The molecule has 25 heavy (non-hydrogen) atoms. The molecule has 0 aliphatic heterocycles. The van der Waals surface area contributed by atoms with Crippen LogP contribution in [0.4, 0.5) is 0 Å². The Morgan fingerprint density at radius 3 is 1.84 bits per heavy atom. The lowest BCUT2D eigenvalue weighted by Gasteiger charge is -2.43. The van der Waals surface area contributed by atoms with Gasteiger partial charge in [-0.1, -0.05) is 81.4 Å². The van der Waals surface area contributed by atoms with E-state index in [0.29, 0.717) is 12.4 Å². The zero-order valence-corrected chi connectivity index (χ0v) is 17.4. The number of hydrogen-bond acceptors (Lipinski definition) is 3. The van der Waals surface area contributed by atoms with E-state index >= 15 is 0 Å². The Hall–Kier alpha value is -1.07. The lowest BCUT2D eigenvalue weighted by Crippen LogP contribution is -2.66. The predicted molar refractivity (Wildman–Crippen MR) is 113 cm³/mol. The summed E-state index contributed by atoms with van der Waals surface area (Å²) in [4.78, 5) is 0. The van der Waals surface area contributed by atoms with Gasteiger partial charge in [-0.05, 0) is 28.3 Å². The summed E-state index contributed by atoms with van der Waals surface area (Å²) in [5.41, 5.74) is 0. The number of rotatable bonds is 8. The number of aliphatic hydroxyl groups is 1. The Balaban J connectivity index is 2.39. The fourth-order valence-corrected chi connectivity index (χ4v) is 8.19. The first-order valence-corrected chi connectivity index (χ1v) is 11.5. The minimum Gasteiger partial charge on any atom is -0.407 e. The minimum atomic E-state index is -2.43. The van der Waals surface area contributed by atoms with Crippen molar-refractivity contribution in [2.24, 2.45) is 0 Å². The Kier molecular flexibility index (Phi) is 7.32. The normalized spacial score (nSPS) is 13.6. The van der Waals surface area contributed by atoms with Gasteiger partial charge < -0.3 is 9.53 Å². The van der Waals surface area contributed by atoms with Gasteiger partial charge in [0, 0.05) is 12.4 Å². The first-order valence-electron chi connectivity index (χ1n) is 8.96. The van der Waals surface area contributed by atoms with Crippen molar-refractivity contribution in [1.29, 1.82) is 0 Å². The molecule has 0 saturated heterocycles. The molecule has 0 radical (unpaired) electrons. The maximum atomic E-state index is 9.76. The van der Waals surface area contributed by atoms with Gasteiger partial charge in [-0.3, -0.25) is 0 Å². The van der Waals surface area contributed by atoms with Gasteiger partial charge in [-0.25, -0.2) is 0 Å². The molecule has 0 aliphatic rings. The van der Waals surface area contributed by atoms with Crippen LogP contribution in [0.3, 0.4) is 0 Å². The average Bonchev–Trinajstić information content (AvgIpc) is 2.62. The van der Waals surface area contributed by atoms with E-state index in [1.807, 2.05) is 0 Å². The van der Waals surface area contributed by atoms with Gasteiger partial charge in [0.15, 0.2) is 0 Å². The molecular weight excluding hydrogens is 344 g/mol. The van der Waals surface area contributed by atoms with Crippen molar-refractivity contribution >= 4 is 31.3 Å². The van der Waals surface area contributed by atoms with Crippen molar-refractivity contribution in [2.45, 2.75) is 44.8 Å². The summed E-state index contributed by atoms with van der Waals surface area (Å²) in [6, 6.07) is 21.3. The average molecular weight is 375 g/mol. The van der Waals surface area contributed by atoms with Crippen LogP contribution in [0.25, 0.3) is 0 Å². The molecule has 2 aromatic rings. The highest BCUT2D eigenvalue weighted by Gasteiger charge is 2.49. The Bertz CT molecular complexity index is 586. The highest BCUT2D eigenvalue weighted by Crippen LogP contribution is 2.36. The molecule has 0 amide bonds. The second-order valence-electron chi connectivity index (χ2n) is 7.49. The fourth-order valence-electron chi connectivity index (χ4n) is 3.40.